The first-order valence-electron chi connectivity index (χ1n) is 6.08. The maximum absolute atomic E-state index is 6.35. The first kappa shape index (κ1) is 73.7. The topological polar surface area (TPSA) is 0 Å². The zero-order chi connectivity index (χ0) is 34.3. The van der Waals surface area contributed by atoms with Crippen molar-refractivity contribution in [1.29, 1.82) is 0 Å². The van der Waals surface area contributed by atoms with Gasteiger partial charge in [-0.15, -0.1) is 0 Å². The minimum atomic E-state index is -0.597. The summed E-state index contributed by atoms with van der Waals surface area (Å²) in [5.74, 6) is 0. The van der Waals surface area contributed by atoms with E-state index in [2.05, 4.69) is 391 Å². The Morgan fingerprint density at radius 2 is 0.372 bits per heavy atom. The van der Waals surface area contributed by atoms with Crippen LogP contribution in [0.1, 0.15) is 0 Å². The van der Waals surface area contributed by atoms with Gasteiger partial charge in [-0.25, -0.2) is 0 Å². The number of rotatable bonds is 20. The third kappa shape index (κ3) is 30.8. The van der Waals surface area contributed by atoms with Crippen molar-refractivity contribution in [2.24, 2.45) is 0 Å². The van der Waals surface area contributed by atoms with Gasteiger partial charge < -0.3 is 0 Å². The molecule has 0 amide bonds. The van der Waals surface area contributed by atoms with Gasteiger partial charge in [0.15, 0.2) is 0 Å². The van der Waals surface area contributed by atoms with E-state index in [4.69, 9.17) is 5.70 Å². The molecule has 0 N–H and O–H groups in total. The van der Waals surface area contributed by atoms with E-state index in [0.717, 1.165) is 0 Å². The van der Waals surface area contributed by atoms with Gasteiger partial charge in [0.25, 0.3) is 0 Å². The predicted octanol–water partition coefficient (Wildman–Crippen LogP) is 32.9. The van der Waals surface area contributed by atoms with E-state index < -0.39 is 158 Å². The molecule has 0 aliphatic rings. The average molecular weight is 5340 g/mol. The molecule has 0 spiro atoms. The Hall–Kier alpha value is 30.7. The van der Waals surface area contributed by atoms with Gasteiger partial charge in [-0.05, 0) is 0 Å². The van der Waals surface area contributed by atoms with Gasteiger partial charge in [0.05, 0.1) is 0 Å². The molecule has 43 heteroatoms. The van der Waals surface area contributed by atoms with Crippen molar-refractivity contribution in [3.63, 3.8) is 0 Å². The molecule has 0 nitrogen and oxygen atoms in total. The average Bonchev–Trinajstić information content (AvgIpc) is 3.00. The number of hydrogen-bond donors (Lipinski definition) is 0. The van der Waals surface area contributed by atoms with Crippen molar-refractivity contribution in [2.45, 2.75) is 0 Å². The molecule has 0 aliphatic carbocycles. The first-order valence-corrected chi connectivity index (χ1v) is 265. The molecule has 0 aliphatic heterocycles. The Kier molecular flexibility index (Phi) is 76.2. The van der Waals surface area contributed by atoms with E-state index in [9.17, 15) is 0 Å². The van der Waals surface area contributed by atoms with Crippen LogP contribution in [0.15, 0.2) is 0 Å². The van der Waals surface area contributed by atoms with E-state index in [1.807, 2.05) is 0 Å². The van der Waals surface area contributed by atoms with Gasteiger partial charge in [-0.1, -0.05) is 0 Å². The number of hydrogen-bond acceptors (Lipinski definition) is 0. The summed E-state index contributed by atoms with van der Waals surface area (Å²) in [6.45, 7) is 0. The van der Waals surface area contributed by atoms with Crippen molar-refractivity contribution < 1.29 is 17.0 Å². The molecule has 0 aromatic heterocycles. The van der Waals surface area contributed by atoms with Gasteiger partial charge >= 0.3 is 572 Å². The molecule has 0 heterocycles. The Morgan fingerprint density at radius 3 is 0.512 bits per heavy atom. The van der Waals surface area contributed by atoms with Crippen LogP contribution in [0.3, 0.4) is 0 Å². The summed E-state index contributed by atoms with van der Waals surface area (Å²) >= 11 is 68.1. The molecule has 0 atom stereocenters. The van der Waals surface area contributed by atoms with Crippen LogP contribution in [0.4, 0.5) is 0 Å². The van der Waals surface area contributed by atoms with Crippen LogP contribution in [0.25, 0.3) is 0 Å². The molecule has 0 saturated heterocycles. The van der Waals surface area contributed by atoms with E-state index in [0.29, 0.717) is 0 Å². The summed E-state index contributed by atoms with van der Waals surface area (Å²) in [4.78, 5) is 0. The summed E-state index contributed by atoms with van der Waals surface area (Å²) in [5.41, 5.74) is 6.35. The van der Waals surface area contributed by atoms with Crippen LogP contribution < -0.4 is 17.0 Å². The van der Waals surface area contributed by atoms with Gasteiger partial charge in [-0.2, -0.15) is 0 Å². The summed E-state index contributed by atoms with van der Waals surface area (Å²) in [5, 5.41) is 0. The fourth-order valence-electron chi connectivity index (χ4n) is 0.579. The number of halogens is 42. The van der Waals surface area contributed by atoms with E-state index in [1.165, 1.54) is 0 Å². The molecule has 0 aromatic rings. The Morgan fingerprint density at radius 1 is 0.233 bits per heavy atom. The van der Waals surface area contributed by atoms with Crippen LogP contribution in [0.2, 0.25) is 0 Å². The zero-order valence-electron chi connectivity index (χ0n) is 16.5. The molecule has 0 saturated carbocycles. The second-order valence-corrected chi connectivity index (χ2v) is 982. The molecular formula is BI42-. The summed E-state index contributed by atoms with van der Waals surface area (Å²) in [6.07, 6.45) is 0. The minimum absolute atomic E-state index is 0.163. The molecule has 0 fully saturated rings. The van der Waals surface area contributed by atoms with Crippen LogP contribution in [0.5, 0.6) is 0 Å². The van der Waals surface area contributed by atoms with Crippen molar-refractivity contribution in [2.75, 3.05) is 0 Å². The van der Waals surface area contributed by atoms with Gasteiger partial charge in [0, 0.05) is 0 Å². The monoisotopic (exact) mass is 5340 g/mol. The molecule has 0 aromatic carbocycles. The van der Waals surface area contributed by atoms with Crippen molar-refractivity contribution in [1.82, 2.24) is 0 Å². The van der Waals surface area contributed by atoms with E-state index >= 15 is 0 Å². The second-order valence-electron chi connectivity index (χ2n) is 3.32. The Labute approximate surface area is 538 Å². The van der Waals surface area contributed by atoms with Crippen molar-refractivity contribution >= 4 is 555 Å². The van der Waals surface area contributed by atoms with Gasteiger partial charge in [0.2, 0.25) is 0 Å². The third-order valence-electron chi connectivity index (χ3n) is 1.61. The predicted molar refractivity (Wildman–Crippen MR) is 581 cm³/mol. The molecule has 43 heavy (non-hydrogen) atoms. The van der Waals surface area contributed by atoms with E-state index in [-0.39, 0.29) is 17.0 Å². The fourth-order valence-corrected chi connectivity index (χ4v) is 7590. The molecule has 298 valence electrons. The van der Waals surface area contributed by atoms with Crippen LogP contribution >= 0.6 is 549 Å². The first-order chi connectivity index (χ1) is 19.6. The summed E-state index contributed by atoms with van der Waals surface area (Å²) < 4.78 is 0. The molecule has 0 bridgehead atoms. The zero-order valence-corrected chi connectivity index (χ0v) is 107. The quantitative estimate of drug-likeness (QED) is 0.0842. The SMILES string of the molecule is [B][I-]I(I)I(I)I(I)I(I)I(I)I(I)I(I)I(I)I(I)I(I)I(I)I(I)I(I)I(I)I(I)I(I)I(I)I(I)I(I)I(I)I. The third-order valence-corrected chi connectivity index (χ3v) is 3160. The standard InChI is InChI=1S/BI42/c1-23-25(4)27(6)29(8)31(10)33(12)35(14)37(16)39(18)41(20)43(22)42(21)40(19)38(17)36(15)34(13)32(11)30(9)28(7)26(5)24(2)3/q-1. The maximum atomic E-state index is 6.35. The van der Waals surface area contributed by atoms with Crippen LogP contribution in [-0.4, -0.2) is 5.70 Å². The van der Waals surface area contributed by atoms with Gasteiger partial charge in [-0.3, -0.25) is 0 Å². The molecule has 2 radical (unpaired) electrons. The normalized spacial score (nSPS) is 18.6. The Balaban J connectivity index is 5.45. The summed E-state index contributed by atoms with van der Waals surface area (Å²) in [6, 6.07) is 0. The molecule has 0 rings (SSSR count). The second kappa shape index (κ2) is 44.5. The van der Waals surface area contributed by atoms with Crippen molar-refractivity contribution in [3.05, 3.63) is 0 Å². The molecule has 0 unspecified atom stereocenters. The molecular weight excluding hydrogens is 5340 g/mol. The van der Waals surface area contributed by atoms with Gasteiger partial charge in [0.1, 0.15) is 0 Å². The van der Waals surface area contributed by atoms with Crippen LogP contribution in [-0.2, 0) is 0 Å². The summed E-state index contributed by atoms with van der Waals surface area (Å²) in [7, 11) is -10.7. The van der Waals surface area contributed by atoms with E-state index in [1.54, 1.807) is 0 Å². The Bertz CT molecular complexity index is 728. The van der Waals surface area contributed by atoms with Crippen molar-refractivity contribution in [3.8, 4) is 0 Å². The fraction of sp³-hybridized carbons (Fsp3) is 0. The van der Waals surface area contributed by atoms with Crippen LogP contribution in [0, 0.1) is 0 Å².